The molecule has 0 bridgehead atoms. The number of nitrogens with two attached hydrogens (primary N) is 1. The first-order valence-corrected chi connectivity index (χ1v) is 5.67. The van der Waals surface area contributed by atoms with Crippen molar-refractivity contribution in [2.45, 2.75) is 25.0 Å². The second kappa shape index (κ2) is 3.85. The van der Waals surface area contributed by atoms with Gasteiger partial charge in [-0.05, 0) is 31.0 Å². The predicted octanol–water partition coefficient (Wildman–Crippen LogP) is 1.15. The van der Waals surface area contributed by atoms with E-state index in [9.17, 15) is 5.11 Å². The quantitative estimate of drug-likeness (QED) is 0.674. The Kier molecular flexibility index (Phi) is 2.33. The number of nitrogens with one attached hydrogen (secondary N) is 1. The van der Waals surface area contributed by atoms with E-state index in [1.54, 1.807) is 0 Å². The number of hydrogen-bond acceptors (Lipinski definition) is 5. The predicted molar refractivity (Wildman–Crippen MR) is 66.6 cm³/mol. The molecule has 1 saturated carbocycles. The molecule has 0 radical (unpaired) electrons. The zero-order chi connectivity index (χ0) is 11.8. The molecule has 3 rings (SSSR count). The van der Waals surface area contributed by atoms with Crippen molar-refractivity contribution in [3.8, 4) is 0 Å². The Balaban J connectivity index is 1.93. The Morgan fingerprint density at radius 2 is 2.12 bits per heavy atom. The summed E-state index contributed by atoms with van der Waals surface area (Å²) in [5.41, 5.74) is 7.25. The largest absolute Gasteiger partial charge is 0.399 e. The summed E-state index contributed by atoms with van der Waals surface area (Å²) in [6.07, 6.45) is 2.91. The lowest BCUT2D eigenvalue weighted by Gasteiger charge is -2.32. The minimum absolute atomic E-state index is 0.170. The number of aliphatic hydroxyl groups excluding tert-OH is 1. The second-order valence-electron chi connectivity index (χ2n) is 4.47. The zero-order valence-corrected chi connectivity index (χ0v) is 9.30. The van der Waals surface area contributed by atoms with Crippen LogP contribution in [0.2, 0.25) is 0 Å². The van der Waals surface area contributed by atoms with Crippen molar-refractivity contribution in [3.05, 3.63) is 24.5 Å². The Labute approximate surface area is 98.7 Å². The van der Waals surface area contributed by atoms with Gasteiger partial charge in [-0.3, -0.25) is 0 Å². The van der Waals surface area contributed by atoms with Crippen LogP contribution in [0.1, 0.15) is 12.8 Å². The SMILES string of the molecule is Nc1ccc2c(NC3CC(O)C3)ncnc2c1. The van der Waals surface area contributed by atoms with E-state index in [0.717, 1.165) is 29.6 Å². The number of anilines is 2. The maximum absolute atomic E-state index is 9.26. The fourth-order valence-corrected chi connectivity index (χ4v) is 2.09. The lowest BCUT2D eigenvalue weighted by atomic mass is 9.89. The number of aliphatic hydroxyl groups is 1. The van der Waals surface area contributed by atoms with Gasteiger partial charge in [0, 0.05) is 17.1 Å². The Morgan fingerprint density at radius 3 is 2.88 bits per heavy atom. The Hall–Kier alpha value is -1.88. The van der Waals surface area contributed by atoms with E-state index in [-0.39, 0.29) is 6.10 Å². The average molecular weight is 230 g/mol. The average Bonchev–Trinajstić information content (AvgIpc) is 2.27. The first-order valence-electron chi connectivity index (χ1n) is 5.67. The molecular formula is C12H14N4O. The van der Waals surface area contributed by atoms with Crippen LogP contribution < -0.4 is 11.1 Å². The summed E-state index contributed by atoms with van der Waals surface area (Å²) in [5.74, 6) is 0.812. The molecule has 0 aliphatic heterocycles. The van der Waals surface area contributed by atoms with Crippen LogP contribution in [-0.2, 0) is 0 Å². The number of hydrogen-bond donors (Lipinski definition) is 3. The van der Waals surface area contributed by atoms with Gasteiger partial charge in [0.05, 0.1) is 11.6 Å². The van der Waals surface area contributed by atoms with Gasteiger partial charge >= 0.3 is 0 Å². The van der Waals surface area contributed by atoms with Crippen LogP contribution in [0.4, 0.5) is 11.5 Å². The van der Waals surface area contributed by atoms with E-state index in [4.69, 9.17) is 5.73 Å². The van der Waals surface area contributed by atoms with Crippen LogP contribution in [0, 0.1) is 0 Å². The highest BCUT2D eigenvalue weighted by atomic mass is 16.3. The maximum Gasteiger partial charge on any atom is 0.137 e. The first-order chi connectivity index (χ1) is 8.22. The van der Waals surface area contributed by atoms with E-state index in [2.05, 4.69) is 15.3 Å². The first kappa shape index (κ1) is 10.3. The smallest absolute Gasteiger partial charge is 0.137 e. The Morgan fingerprint density at radius 1 is 1.29 bits per heavy atom. The molecule has 4 N–H and O–H groups in total. The van der Waals surface area contributed by atoms with Gasteiger partial charge in [-0.25, -0.2) is 9.97 Å². The third kappa shape index (κ3) is 1.89. The molecule has 1 fully saturated rings. The van der Waals surface area contributed by atoms with Gasteiger partial charge in [-0.15, -0.1) is 0 Å². The molecule has 5 nitrogen and oxygen atoms in total. The molecule has 1 aromatic heterocycles. The number of nitrogen functional groups attached to an aromatic ring is 1. The third-order valence-electron chi connectivity index (χ3n) is 3.11. The Bertz CT molecular complexity index is 551. The molecule has 1 aliphatic carbocycles. The highest BCUT2D eigenvalue weighted by Crippen LogP contribution is 2.27. The van der Waals surface area contributed by atoms with Gasteiger partial charge in [-0.1, -0.05) is 0 Å². The second-order valence-corrected chi connectivity index (χ2v) is 4.47. The molecule has 0 saturated heterocycles. The van der Waals surface area contributed by atoms with Crippen molar-refractivity contribution in [1.82, 2.24) is 9.97 Å². The molecule has 17 heavy (non-hydrogen) atoms. The summed E-state index contributed by atoms with van der Waals surface area (Å²) in [5, 5.41) is 13.5. The normalized spacial score (nSPS) is 23.4. The number of aromatic nitrogens is 2. The number of benzene rings is 1. The minimum atomic E-state index is -0.170. The summed E-state index contributed by atoms with van der Waals surface area (Å²) in [4.78, 5) is 8.43. The van der Waals surface area contributed by atoms with Crippen LogP contribution in [0.15, 0.2) is 24.5 Å². The summed E-state index contributed by atoms with van der Waals surface area (Å²) < 4.78 is 0. The van der Waals surface area contributed by atoms with Gasteiger partial charge in [0.1, 0.15) is 12.1 Å². The lowest BCUT2D eigenvalue weighted by molar-refractivity contribution is 0.0836. The highest BCUT2D eigenvalue weighted by Gasteiger charge is 2.27. The van der Waals surface area contributed by atoms with Crippen LogP contribution >= 0.6 is 0 Å². The van der Waals surface area contributed by atoms with Crippen LogP contribution in [-0.4, -0.2) is 27.2 Å². The van der Waals surface area contributed by atoms with Gasteiger partial charge in [0.25, 0.3) is 0 Å². The lowest BCUT2D eigenvalue weighted by Crippen LogP contribution is -2.39. The minimum Gasteiger partial charge on any atom is -0.399 e. The van der Waals surface area contributed by atoms with Crippen molar-refractivity contribution < 1.29 is 5.11 Å². The van der Waals surface area contributed by atoms with Crippen LogP contribution in [0.25, 0.3) is 10.9 Å². The fourth-order valence-electron chi connectivity index (χ4n) is 2.09. The summed E-state index contributed by atoms with van der Waals surface area (Å²) in [6, 6.07) is 5.90. The molecule has 0 atom stereocenters. The molecule has 0 spiro atoms. The summed E-state index contributed by atoms with van der Waals surface area (Å²) in [7, 11) is 0. The van der Waals surface area contributed by atoms with Gasteiger partial charge in [-0.2, -0.15) is 0 Å². The van der Waals surface area contributed by atoms with Gasteiger partial charge in [0.2, 0.25) is 0 Å². The monoisotopic (exact) mass is 230 g/mol. The van der Waals surface area contributed by atoms with E-state index in [1.807, 2.05) is 18.2 Å². The van der Waals surface area contributed by atoms with Gasteiger partial charge < -0.3 is 16.2 Å². The van der Waals surface area contributed by atoms with E-state index < -0.39 is 0 Å². The molecular weight excluding hydrogens is 216 g/mol. The number of fused-ring (bicyclic) bond motifs is 1. The molecule has 0 amide bonds. The van der Waals surface area contributed by atoms with E-state index >= 15 is 0 Å². The zero-order valence-electron chi connectivity index (χ0n) is 9.30. The molecule has 1 heterocycles. The molecule has 0 unspecified atom stereocenters. The molecule has 1 aliphatic rings. The fraction of sp³-hybridized carbons (Fsp3) is 0.333. The number of nitrogens with zero attached hydrogens (tertiary/aromatic N) is 2. The molecule has 2 aromatic rings. The van der Waals surface area contributed by atoms with Crippen molar-refractivity contribution >= 4 is 22.4 Å². The van der Waals surface area contributed by atoms with Crippen LogP contribution in [0.3, 0.4) is 0 Å². The van der Waals surface area contributed by atoms with Crippen molar-refractivity contribution in [2.24, 2.45) is 0 Å². The van der Waals surface area contributed by atoms with Gasteiger partial charge in [0.15, 0.2) is 0 Å². The standard InChI is InChI=1S/C12H14N4O/c13-7-1-2-10-11(3-7)14-6-15-12(10)16-8-4-9(17)5-8/h1-3,6,8-9,17H,4-5,13H2,(H,14,15,16). The molecule has 5 heteroatoms. The van der Waals surface area contributed by atoms with Crippen molar-refractivity contribution in [1.29, 1.82) is 0 Å². The van der Waals surface area contributed by atoms with E-state index in [1.165, 1.54) is 6.33 Å². The highest BCUT2D eigenvalue weighted by molar-refractivity contribution is 5.90. The summed E-state index contributed by atoms with van der Waals surface area (Å²) >= 11 is 0. The van der Waals surface area contributed by atoms with Crippen molar-refractivity contribution in [3.63, 3.8) is 0 Å². The maximum atomic E-state index is 9.26. The number of rotatable bonds is 2. The topological polar surface area (TPSA) is 84.1 Å². The van der Waals surface area contributed by atoms with Crippen LogP contribution in [0.5, 0.6) is 0 Å². The molecule has 88 valence electrons. The van der Waals surface area contributed by atoms with E-state index in [0.29, 0.717) is 11.7 Å². The third-order valence-corrected chi connectivity index (χ3v) is 3.11. The van der Waals surface area contributed by atoms with Crippen molar-refractivity contribution in [2.75, 3.05) is 11.1 Å². The summed E-state index contributed by atoms with van der Waals surface area (Å²) in [6.45, 7) is 0. The molecule has 1 aromatic carbocycles.